The van der Waals surface area contributed by atoms with Gasteiger partial charge in [-0.25, -0.2) is 0 Å². The summed E-state index contributed by atoms with van der Waals surface area (Å²) >= 11 is 5.41. The fourth-order valence-electron chi connectivity index (χ4n) is 2.57. The van der Waals surface area contributed by atoms with Crippen LogP contribution in [0.2, 0.25) is 0 Å². The van der Waals surface area contributed by atoms with E-state index in [4.69, 9.17) is 12.2 Å². The summed E-state index contributed by atoms with van der Waals surface area (Å²) in [5, 5.41) is 0. The highest BCUT2D eigenvalue weighted by atomic mass is 32.1. The smallest absolute Gasteiger partial charge is 0.177 e. The number of aromatic nitrogens is 2. The van der Waals surface area contributed by atoms with Crippen LogP contribution in [0.3, 0.4) is 0 Å². The van der Waals surface area contributed by atoms with E-state index in [-0.39, 0.29) is 5.41 Å². The summed E-state index contributed by atoms with van der Waals surface area (Å²) in [6.07, 6.45) is 2.05. The first-order valence-corrected chi connectivity index (χ1v) is 7.60. The molecule has 0 aliphatic rings. The lowest BCUT2D eigenvalue weighted by Gasteiger charge is -2.31. The summed E-state index contributed by atoms with van der Waals surface area (Å²) in [4.78, 5) is 5.69. The van der Waals surface area contributed by atoms with Crippen molar-refractivity contribution < 1.29 is 0 Å². The van der Waals surface area contributed by atoms with Crippen LogP contribution < -0.4 is 0 Å². The first-order valence-electron chi connectivity index (χ1n) is 7.19. The highest BCUT2D eigenvalue weighted by Crippen LogP contribution is 2.22. The maximum absolute atomic E-state index is 5.41. The minimum atomic E-state index is 0.119. The molecule has 0 saturated heterocycles. The van der Waals surface area contributed by atoms with Crippen molar-refractivity contribution in [3.8, 4) is 0 Å². The second-order valence-corrected chi connectivity index (χ2v) is 7.19. The Labute approximate surface area is 123 Å². The summed E-state index contributed by atoms with van der Waals surface area (Å²) in [7, 11) is 0. The van der Waals surface area contributed by atoms with E-state index in [1.165, 1.54) is 5.69 Å². The van der Waals surface area contributed by atoms with Crippen molar-refractivity contribution in [2.24, 2.45) is 0 Å². The lowest BCUT2D eigenvalue weighted by atomic mass is 9.92. The molecule has 0 aliphatic heterocycles. The third-order valence-corrected chi connectivity index (χ3v) is 3.88. The number of H-pyrrole nitrogens is 1. The normalized spacial score (nSPS) is 12.9. The molecule has 110 valence electrons. The standard InChI is InChI=1S/C15H29N3S/c1-11(2)17(12(3)4)8-9-18-13(15(5,6)7)10-16-14(18)19/h10-12H,8-9H2,1-7H3,(H,16,19). The highest BCUT2D eigenvalue weighted by Gasteiger charge is 2.20. The number of imidazole rings is 1. The zero-order valence-corrected chi connectivity index (χ0v) is 14.3. The third kappa shape index (κ3) is 4.18. The SMILES string of the molecule is CC(C)N(CCn1c(C(C)(C)C)c[nH]c1=S)C(C)C. The number of hydrogen-bond acceptors (Lipinski definition) is 2. The van der Waals surface area contributed by atoms with E-state index in [0.29, 0.717) is 12.1 Å². The summed E-state index contributed by atoms with van der Waals surface area (Å²) in [5.41, 5.74) is 1.40. The van der Waals surface area contributed by atoms with Crippen LogP contribution in [0.1, 0.15) is 54.2 Å². The van der Waals surface area contributed by atoms with Gasteiger partial charge in [0.15, 0.2) is 4.77 Å². The Kier molecular flexibility index (Phi) is 5.39. The fraction of sp³-hybridized carbons (Fsp3) is 0.800. The molecule has 3 nitrogen and oxygen atoms in total. The van der Waals surface area contributed by atoms with Crippen molar-refractivity contribution in [1.82, 2.24) is 14.5 Å². The van der Waals surface area contributed by atoms with Crippen LogP contribution in [0.25, 0.3) is 0 Å². The van der Waals surface area contributed by atoms with Crippen LogP contribution >= 0.6 is 12.2 Å². The Morgan fingerprint density at radius 1 is 1.21 bits per heavy atom. The van der Waals surface area contributed by atoms with Crippen molar-refractivity contribution in [2.75, 3.05) is 6.54 Å². The fourth-order valence-corrected chi connectivity index (χ4v) is 2.82. The van der Waals surface area contributed by atoms with Crippen LogP contribution in [0, 0.1) is 4.77 Å². The van der Waals surface area contributed by atoms with Crippen molar-refractivity contribution >= 4 is 12.2 Å². The molecule has 4 heteroatoms. The molecular weight excluding hydrogens is 254 g/mol. The third-order valence-electron chi connectivity index (χ3n) is 3.55. The molecule has 1 rings (SSSR count). The molecule has 0 radical (unpaired) electrons. The highest BCUT2D eigenvalue weighted by molar-refractivity contribution is 7.71. The Balaban J connectivity index is 2.89. The minimum absolute atomic E-state index is 0.119. The summed E-state index contributed by atoms with van der Waals surface area (Å²) < 4.78 is 3.07. The Morgan fingerprint density at radius 3 is 2.16 bits per heavy atom. The van der Waals surface area contributed by atoms with Gasteiger partial charge in [-0.1, -0.05) is 20.8 Å². The maximum atomic E-state index is 5.41. The average molecular weight is 283 g/mol. The number of rotatable bonds is 5. The van der Waals surface area contributed by atoms with E-state index < -0.39 is 0 Å². The van der Waals surface area contributed by atoms with Gasteiger partial charge in [0.05, 0.1) is 0 Å². The van der Waals surface area contributed by atoms with Crippen molar-refractivity contribution in [2.45, 2.75) is 72.5 Å². The molecule has 1 aromatic rings. The Bertz CT molecular complexity index is 441. The summed E-state index contributed by atoms with van der Waals surface area (Å²) in [5.74, 6) is 0. The molecule has 0 atom stereocenters. The predicted molar refractivity (Wildman–Crippen MR) is 85.3 cm³/mol. The number of hydrogen-bond donors (Lipinski definition) is 1. The summed E-state index contributed by atoms with van der Waals surface area (Å²) in [6, 6.07) is 1.12. The van der Waals surface area contributed by atoms with Crippen molar-refractivity contribution in [1.29, 1.82) is 0 Å². The van der Waals surface area contributed by atoms with Gasteiger partial charge < -0.3 is 9.55 Å². The monoisotopic (exact) mass is 283 g/mol. The van der Waals surface area contributed by atoms with E-state index in [0.717, 1.165) is 17.9 Å². The average Bonchev–Trinajstić information content (AvgIpc) is 2.59. The van der Waals surface area contributed by atoms with Crippen LogP contribution in [0.4, 0.5) is 0 Å². The molecule has 0 fully saturated rings. The quantitative estimate of drug-likeness (QED) is 0.827. The lowest BCUT2D eigenvalue weighted by molar-refractivity contribution is 0.167. The largest absolute Gasteiger partial charge is 0.337 e. The molecular formula is C15H29N3S. The van der Waals surface area contributed by atoms with Crippen molar-refractivity contribution in [3.05, 3.63) is 16.7 Å². The van der Waals surface area contributed by atoms with Gasteiger partial charge in [0.2, 0.25) is 0 Å². The summed E-state index contributed by atoms with van der Waals surface area (Å²) in [6.45, 7) is 17.7. The number of nitrogens with one attached hydrogen (secondary N) is 1. The van der Waals surface area contributed by atoms with Gasteiger partial charge in [-0.05, 0) is 39.9 Å². The van der Waals surface area contributed by atoms with Gasteiger partial charge in [0, 0.05) is 42.5 Å². The minimum Gasteiger partial charge on any atom is -0.337 e. The number of nitrogens with zero attached hydrogens (tertiary/aromatic N) is 2. The van der Waals surface area contributed by atoms with Crippen LogP contribution in [-0.4, -0.2) is 33.1 Å². The van der Waals surface area contributed by atoms with Gasteiger partial charge in [0.1, 0.15) is 0 Å². The second-order valence-electron chi connectivity index (χ2n) is 6.81. The first-order chi connectivity index (χ1) is 8.64. The van der Waals surface area contributed by atoms with E-state index >= 15 is 0 Å². The van der Waals surface area contributed by atoms with Crippen LogP contribution in [-0.2, 0) is 12.0 Å². The molecule has 0 amide bonds. The molecule has 19 heavy (non-hydrogen) atoms. The zero-order chi connectivity index (χ0) is 14.8. The van der Waals surface area contributed by atoms with E-state index in [2.05, 4.69) is 69.1 Å². The molecule has 0 unspecified atom stereocenters. The molecule has 0 aromatic carbocycles. The van der Waals surface area contributed by atoms with E-state index in [9.17, 15) is 0 Å². The van der Waals surface area contributed by atoms with Gasteiger partial charge in [0.25, 0.3) is 0 Å². The van der Waals surface area contributed by atoms with E-state index in [1.54, 1.807) is 0 Å². The Morgan fingerprint density at radius 2 is 1.74 bits per heavy atom. The molecule has 0 spiro atoms. The van der Waals surface area contributed by atoms with Crippen LogP contribution in [0.15, 0.2) is 6.20 Å². The van der Waals surface area contributed by atoms with Crippen LogP contribution in [0.5, 0.6) is 0 Å². The molecule has 1 aromatic heterocycles. The molecule has 0 saturated carbocycles. The van der Waals surface area contributed by atoms with Crippen molar-refractivity contribution in [3.63, 3.8) is 0 Å². The first kappa shape index (κ1) is 16.4. The van der Waals surface area contributed by atoms with Gasteiger partial charge in [-0.3, -0.25) is 4.90 Å². The number of aromatic amines is 1. The lowest BCUT2D eigenvalue weighted by Crippen LogP contribution is -2.39. The topological polar surface area (TPSA) is 24.0 Å². The molecule has 1 heterocycles. The van der Waals surface area contributed by atoms with E-state index in [1.807, 2.05) is 0 Å². The maximum Gasteiger partial charge on any atom is 0.177 e. The second kappa shape index (κ2) is 6.23. The van der Waals surface area contributed by atoms with Gasteiger partial charge >= 0.3 is 0 Å². The van der Waals surface area contributed by atoms with Gasteiger partial charge in [-0.15, -0.1) is 0 Å². The predicted octanol–water partition coefficient (Wildman–Crippen LogP) is 3.96. The Hall–Kier alpha value is -0.610. The molecule has 0 aliphatic carbocycles. The zero-order valence-electron chi connectivity index (χ0n) is 13.4. The van der Waals surface area contributed by atoms with Gasteiger partial charge in [-0.2, -0.15) is 0 Å². The molecule has 0 bridgehead atoms. The molecule has 1 N–H and O–H groups in total.